The Kier molecular flexibility index (Phi) is 7.10. The quantitative estimate of drug-likeness (QED) is 0.484. The summed E-state index contributed by atoms with van der Waals surface area (Å²) in [6.07, 6.45) is 4.45. The van der Waals surface area contributed by atoms with Crippen molar-refractivity contribution >= 4 is 42.3 Å². The SMILES string of the molecule is O=S(=O)(N=S1CCN(S(=O)(=O)c2ccc(Cl)cc2)CC1)c1ccc(Oc2cnccn2)cc1. The number of rotatable bonds is 6. The highest BCUT2D eigenvalue weighted by atomic mass is 35.5. The lowest BCUT2D eigenvalue weighted by Crippen LogP contribution is -2.41. The van der Waals surface area contributed by atoms with Gasteiger partial charge in [-0.3, -0.25) is 4.98 Å². The lowest BCUT2D eigenvalue weighted by Gasteiger charge is -2.27. The summed E-state index contributed by atoms with van der Waals surface area (Å²) in [5, 5.41) is 0.450. The zero-order valence-corrected chi connectivity index (χ0v) is 20.3. The molecule has 2 heterocycles. The molecule has 0 unspecified atom stereocenters. The third-order valence-electron chi connectivity index (χ3n) is 4.69. The van der Waals surface area contributed by atoms with Crippen LogP contribution in [-0.2, 0) is 30.7 Å². The van der Waals surface area contributed by atoms with Crippen LogP contribution in [0.5, 0.6) is 11.6 Å². The Balaban J connectivity index is 1.42. The summed E-state index contributed by atoms with van der Waals surface area (Å²) in [5.41, 5.74) is 0. The molecule has 2 aromatic carbocycles. The van der Waals surface area contributed by atoms with Crippen LogP contribution in [0.1, 0.15) is 0 Å². The molecule has 0 radical (unpaired) electrons. The van der Waals surface area contributed by atoms with E-state index >= 15 is 0 Å². The molecule has 3 aromatic rings. The molecule has 4 rings (SSSR count). The van der Waals surface area contributed by atoms with Crippen molar-refractivity contribution in [1.82, 2.24) is 14.3 Å². The number of hydrogen-bond acceptors (Lipinski definition) is 7. The summed E-state index contributed by atoms with van der Waals surface area (Å²) in [6.45, 7) is 0.385. The molecule has 1 aliphatic heterocycles. The lowest BCUT2D eigenvalue weighted by molar-refractivity contribution is 0.442. The molecule has 33 heavy (non-hydrogen) atoms. The fraction of sp³-hybridized carbons (Fsp3) is 0.200. The van der Waals surface area contributed by atoms with Gasteiger partial charge in [0.05, 0.1) is 16.0 Å². The van der Waals surface area contributed by atoms with Gasteiger partial charge in [-0.05, 0) is 48.5 Å². The molecule has 1 saturated heterocycles. The fourth-order valence-electron chi connectivity index (χ4n) is 3.02. The van der Waals surface area contributed by atoms with Gasteiger partial charge in [-0.15, -0.1) is 3.77 Å². The second-order valence-electron chi connectivity index (χ2n) is 6.90. The molecule has 0 N–H and O–H groups in total. The summed E-state index contributed by atoms with van der Waals surface area (Å²) < 4.78 is 62.0. The maximum Gasteiger partial charge on any atom is 0.287 e. The molecule has 0 aliphatic carbocycles. The van der Waals surface area contributed by atoms with E-state index in [4.69, 9.17) is 16.3 Å². The van der Waals surface area contributed by atoms with Gasteiger partial charge in [-0.25, -0.2) is 13.4 Å². The number of benzene rings is 2. The number of sulfonamides is 2. The van der Waals surface area contributed by atoms with Crippen LogP contribution in [0.15, 0.2) is 80.7 Å². The van der Waals surface area contributed by atoms with Gasteiger partial charge in [0, 0.05) is 42.0 Å². The average molecular weight is 527 g/mol. The van der Waals surface area contributed by atoms with Crippen LogP contribution >= 0.6 is 11.6 Å². The standard InChI is InChI=1S/C20H19ClN4O5S3/c21-16-1-5-19(6-2-16)33(28,29)25-11-13-31(14-12-25)24-32(26,27)18-7-3-17(4-8-18)30-20-15-22-9-10-23-20/h1-10,15H,11-14H2. The van der Waals surface area contributed by atoms with E-state index in [-0.39, 0.29) is 22.9 Å². The maximum absolute atomic E-state index is 12.8. The van der Waals surface area contributed by atoms with Gasteiger partial charge >= 0.3 is 0 Å². The Labute approximate surface area is 199 Å². The highest BCUT2D eigenvalue weighted by Crippen LogP contribution is 2.24. The first-order valence-corrected chi connectivity index (χ1v) is 14.5. The van der Waals surface area contributed by atoms with E-state index in [9.17, 15) is 16.8 Å². The zero-order valence-electron chi connectivity index (χ0n) is 17.1. The number of ether oxygens (including phenoxy) is 1. The third-order valence-corrected chi connectivity index (χ3v) is 10.7. The molecule has 0 atom stereocenters. The van der Waals surface area contributed by atoms with Crippen LogP contribution in [0, 0.1) is 0 Å². The normalized spacial score (nSPS) is 15.8. The summed E-state index contributed by atoms with van der Waals surface area (Å²) in [7, 11) is -8.36. The van der Waals surface area contributed by atoms with Crippen LogP contribution < -0.4 is 4.74 Å². The van der Waals surface area contributed by atoms with Gasteiger partial charge < -0.3 is 4.74 Å². The van der Waals surface area contributed by atoms with E-state index < -0.39 is 30.7 Å². The predicted octanol–water partition coefficient (Wildman–Crippen LogP) is 3.12. The van der Waals surface area contributed by atoms with Gasteiger partial charge in [-0.1, -0.05) is 22.3 Å². The second kappa shape index (κ2) is 9.85. The smallest absolute Gasteiger partial charge is 0.287 e. The summed E-state index contributed by atoms with van der Waals surface area (Å²) >= 11 is 5.83. The van der Waals surface area contributed by atoms with Crippen LogP contribution in [-0.4, -0.2) is 55.7 Å². The van der Waals surface area contributed by atoms with Gasteiger partial charge in [0.1, 0.15) is 5.75 Å². The molecule has 0 saturated carbocycles. The summed E-state index contributed by atoms with van der Waals surface area (Å²) in [4.78, 5) is 8.09. The lowest BCUT2D eigenvalue weighted by atomic mass is 10.3. The fourth-order valence-corrected chi connectivity index (χ4v) is 8.41. The van der Waals surface area contributed by atoms with Crippen molar-refractivity contribution < 1.29 is 21.6 Å². The molecular weight excluding hydrogens is 508 g/mol. The van der Waals surface area contributed by atoms with Gasteiger partial charge in [0.2, 0.25) is 15.9 Å². The van der Waals surface area contributed by atoms with Crippen molar-refractivity contribution in [1.29, 1.82) is 0 Å². The van der Waals surface area contributed by atoms with Crippen LogP contribution in [0.25, 0.3) is 0 Å². The van der Waals surface area contributed by atoms with Crippen LogP contribution in [0.4, 0.5) is 0 Å². The molecule has 174 valence electrons. The number of hydrogen-bond donors (Lipinski definition) is 0. The molecule has 9 nitrogen and oxygen atoms in total. The Morgan fingerprint density at radius 3 is 2.15 bits per heavy atom. The van der Waals surface area contributed by atoms with E-state index in [1.807, 2.05) is 0 Å². The van der Waals surface area contributed by atoms with Crippen molar-refractivity contribution in [2.24, 2.45) is 3.77 Å². The third kappa shape index (κ3) is 5.76. The largest absolute Gasteiger partial charge is 0.438 e. The Morgan fingerprint density at radius 1 is 0.909 bits per heavy atom. The first kappa shape index (κ1) is 23.8. The van der Waals surface area contributed by atoms with E-state index in [2.05, 4.69) is 13.7 Å². The highest BCUT2D eigenvalue weighted by molar-refractivity contribution is 8.00. The predicted molar refractivity (Wildman–Crippen MR) is 125 cm³/mol. The van der Waals surface area contributed by atoms with Crippen molar-refractivity contribution in [3.05, 3.63) is 72.1 Å². The van der Waals surface area contributed by atoms with Crippen LogP contribution in [0.2, 0.25) is 5.02 Å². The monoisotopic (exact) mass is 526 g/mol. The van der Waals surface area contributed by atoms with Crippen molar-refractivity contribution in [3.8, 4) is 11.6 Å². The Morgan fingerprint density at radius 2 is 1.55 bits per heavy atom. The first-order chi connectivity index (χ1) is 15.7. The molecule has 1 fully saturated rings. The average Bonchev–Trinajstić information content (AvgIpc) is 2.80. The molecular formula is C20H19ClN4O5S3. The van der Waals surface area contributed by atoms with Crippen molar-refractivity contribution in [2.45, 2.75) is 9.79 Å². The minimum Gasteiger partial charge on any atom is -0.438 e. The molecule has 0 bridgehead atoms. The Bertz CT molecular complexity index is 1360. The number of aromatic nitrogens is 2. The molecule has 13 heteroatoms. The van der Waals surface area contributed by atoms with E-state index in [1.165, 1.54) is 71.4 Å². The first-order valence-electron chi connectivity index (χ1n) is 9.69. The maximum atomic E-state index is 12.8. The summed E-state index contributed by atoms with van der Waals surface area (Å²) in [5.74, 6) is 1.37. The van der Waals surface area contributed by atoms with E-state index in [0.29, 0.717) is 28.2 Å². The van der Waals surface area contributed by atoms with Gasteiger partial charge in [0.25, 0.3) is 10.0 Å². The van der Waals surface area contributed by atoms with Crippen LogP contribution in [0.3, 0.4) is 0 Å². The highest BCUT2D eigenvalue weighted by Gasteiger charge is 2.28. The molecule has 0 spiro atoms. The van der Waals surface area contributed by atoms with Gasteiger partial charge in [-0.2, -0.15) is 12.7 Å². The minimum atomic E-state index is -3.89. The molecule has 1 aromatic heterocycles. The summed E-state index contributed by atoms with van der Waals surface area (Å²) in [6, 6.07) is 11.8. The Hall–Kier alpha value is -2.38. The number of nitrogens with zero attached hydrogens (tertiary/aromatic N) is 4. The van der Waals surface area contributed by atoms with E-state index in [0.717, 1.165) is 0 Å². The minimum absolute atomic E-state index is 0.0395. The second-order valence-corrected chi connectivity index (χ2v) is 13.0. The number of halogens is 1. The van der Waals surface area contributed by atoms with Gasteiger partial charge in [0.15, 0.2) is 0 Å². The molecule has 1 aliphatic rings. The van der Waals surface area contributed by atoms with E-state index in [1.54, 1.807) is 0 Å². The van der Waals surface area contributed by atoms with Crippen molar-refractivity contribution in [2.75, 3.05) is 24.6 Å². The topological polar surface area (TPSA) is 119 Å². The molecule has 0 amide bonds. The zero-order chi connectivity index (χ0) is 23.5. The van der Waals surface area contributed by atoms with Crippen molar-refractivity contribution in [3.63, 3.8) is 0 Å².